The first-order chi connectivity index (χ1) is 20.0. The Labute approximate surface area is 252 Å². The van der Waals surface area contributed by atoms with Crippen LogP contribution in [-0.4, -0.2) is 92.5 Å². The molecular weight excluding hydrogens is 627 g/mol. The number of thiazole rings is 1. The molecule has 3 N–H and O–H groups in total. The second-order valence-electron chi connectivity index (χ2n) is 9.59. The van der Waals surface area contributed by atoms with Crippen LogP contribution in [0.2, 0.25) is 0 Å². The average Bonchev–Trinajstić information content (AvgIpc) is 3.62. The van der Waals surface area contributed by atoms with Crippen LogP contribution in [-0.2, 0) is 23.9 Å². The number of carbonyl (C=O) groups is 2. The summed E-state index contributed by atoms with van der Waals surface area (Å²) in [6, 6.07) is 10.5. The number of benzene rings is 2. The lowest BCUT2D eigenvalue weighted by atomic mass is 10.1. The molecule has 0 radical (unpaired) electrons. The summed E-state index contributed by atoms with van der Waals surface area (Å²) < 4.78 is 37.5. The molecule has 1 saturated heterocycles. The van der Waals surface area contributed by atoms with Gasteiger partial charge >= 0.3 is 5.97 Å². The minimum Gasteiger partial charge on any atom is -0.489 e. The maximum Gasteiger partial charge on any atom is 0.329 e. The number of aromatic nitrogens is 1. The van der Waals surface area contributed by atoms with Crippen molar-refractivity contribution in [3.05, 3.63) is 64.3 Å². The molecule has 0 bridgehead atoms. The van der Waals surface area contributed by atoms with E-state index in [9.17, 15) is 33.3 Å². The topological polar surface area (TPSA) is 176 Å². The van der Waals surface area contributed by atoms with Crippen molar-refractivity contribution in [2.75, 3.05) is 18.1 Å². The zero-order valence-corrected chi connectivity index (χ0v) is 25.0. The number of carboxylic acid groups (broad SMARTS) is 1. The molecule has 0 saturated carbocycles. The number of amides is 1. The van der Waals surface area contributed by atoms with E-state index in [-0.39, 0.29) is 23.0 Å². The number of aliphatic carboxylic acids is 1. The van der Waals surface area contributed by atoms with E-state index in [1.54, 1.807) is 30.3 Å². The summed E-state index contributed by atoms with van der Waals surface area (Å²) in [4.78, 5) is 34.1. The third-order valence-electron chi connectivity index (χ3n) is 6.72. The van der Waals surface area contributed by atoms with Gasteiger partial charge in [0.1, 0.15) is 27.8 Å². The summed E-state index contributed by atoms with van der Waals surface area (Å²) in [5, 5.41) is 29.9. The number of β-lactam (4-membered cyclic amide) rings is 1. The Hall–Kier alpha value is -2.99. The van der Waals surface area contributed by atoms with E-state index < -0.39 is 45.8 Å². The number of thioether (sulfide) groups is 2. The van der Waals surface area contributed by atoms with Gasteiger partial charge in [0.15, 0.2) is 18.4 Å². The van der Waals surface area contributed by atoms with Gasteiger partial charge in [0, 0.05) is 17.1 Å². The van der Waals surface area contributed by atoms with Gasteiger partial charge in [-0.15, -0.1) is 34.9 Å². The highest BCUT2D eigenvalue weighted by Crippen LogP contribution is 2.43. The van der Waals surface area contributed by atoms with E-state index in [2.05, 4.69) is 9.98 Å². The Kier molecular flexibility index (Phi) is 7.80. The van der Waals surface area contributed by atoms with Crippen molar-refractivity contribution in [1.29, 1.82) is 0 Å². The highest BCUT2D eigenvalue weighted by molar-refractivity contribution is 8.15. The van der Waals surface area contributed by atoms with Crippen molar-refractivity contribution in [1.82, 2.24) is 9.88 Å². The summed E-state index contributed by atoms with van der Waals surface area (Å²) in [6.45, 7) is 1.77. The van der Waals surface area contributed by atoms with E-state index in [1.165, 1.54) is 47.0 Å². The number of aryl methyl sites for hydroxylation is 1. The molecule has 16 heteroatoms. The van der Waals surface area contributed by atoms with Gasteiger partial charge in [0.25, 0.3) is 16.0 Å². The van der Waals surface area contributed by atoms with Crippen molar-refractivity contribution >= 4 is 72.1 Å². The van der Waals surface area contributed by atoms with Gasteiger partial charge in [-0.2, -0.15) is 8.42 Å². The minimum atomic E-state index is -4.21. The Balaban J connectivity index is 1.16. The van der Waals surface area contributed by atoms with Crippen LogP contribution >= 0.6 is 34.9 Å². The predicted octanol–water partition coefficient (Wildman–Crippen LogP) is 2.18. The van der Waals surface area contributed by atoms with Crippen LogP contribution in [0.15, 0.2) is 63.6 Å². The Morgan fingerprint density at radius 3 is 2.64 bits per heavy atom. The van der Waals surface area contributed by atoms with Gasteiger partial charge in [0.05, 0.1) is 20.8 Å². The zero-order valence-electron chi connectivity index (χ0n) is 21.7. The van der Waals surface area contributed by atoms with Gasteiger partial charge in [0.2, 0.25) is 0 Å². The lowest BCUT2D eigenvalue weighted by Crippen LogP contribution is -2.66. The molecule has 42 heavy (non-hydrogen) atoms. The normalized spacial score (nSPS) is 22.4. The van der Waals surface area contributed by atoms with Crippen LogP contribution in [0, 0.1) is 6.92 Å². The van der Waals surface area contributed by atoms with Crippen LogP contribution in [0.25, 0.3) is 10.2 Å². The SMILES string of the molecule is Cc1ccc(S(=O)(=O)OC2C(=O)N3C(C(O)O)=C(COc4ccc5nc(C6=NC(C(=O)O)CS6)sc5c4)CSC23)cc1. The first-order valence-electron chi connectivity index (χ1n) is 12.5. The lowest BCUT2D eigenvalue weighted by Gasteiger charge is -2.49. The van der Waals surface area contributed by atoms with Gasteiger partial charge in [-0.3, -0.25) is 14.7 Å². The molecule has 4 heterocycles. The summed E-state index contributed by atoms with van der Waals surface area (Å²) in [7, 11) is -4.21. The van der Waals surface area contributed by atoms with E-state index in [0.29, 0.717) is 32.6 Å². The minimum absolute atomic E-state index is 0.0519. The number of carboxylic acids is 1. The lowest BCUT2D eigenvalue weighted by molar-refractivity contribution is -0.157. The van der Waals surface area contributed by atoms with E-state index in [4.69, 9.17) is 8.92 Å². The van der Waals surface area contributed by atoms with Crippen molar-refractivity contribution in [3.63, 3.8) is 0 Å². The molecule has 3 aliphatic heterocycles. The Bertz CT molecular complexity index is 1750. The van der Waals surface area contributed by atoms with Crippen molar-refractivity contribution in [2.45, 2.75) is 35.6 Å². The number of hydrogen-bond acceptors (Lipinski definition) is 13. The van der Waals surface area contributed by atoms with E-state index >= 15 is 0 Å². The summed E-state index contributed by atoms with van der Waals surface area (Å²) in [6.07, 6.45) is -3.29. The number of aliphatic imine (C=N–C) groups is 1. The smallest absolute Gasteiger partial charge is 0.329 e. The molecule has 1 aromatic heterocycles. The van der Waals surface area contributed by atoms with Crippen LogP contribution in [0.3, 0.4) is 0 Å². The molecule has 220 valence electrons. The highest BCUT2D eigenvalue weighted by atomic mass is 32.2. The van der Waals surface area contributed by atoms with Gasteiger partial charge < -0.3 is 20.1 Å². The molecule has 3 unspecified atom stereocenters. The quantitative estimate of drug-likeness (QED) is 0.175. The van der Waals surface area contributed by atoms with E-state index in [1.807, 2.05) is 6.92 Å². The third-order valence-corrected chi connectivity index (χ3v) is 11.6. The summed E-state index contributed by atoms with van der Waals surface area (Å²) >= 11 is 3.94. The van der Waals surface area contributed by atoms with Crippen LogP contribution < -0.4 is 4.74 Å². The second-order valence-corrected chi connectivity index (χ2v) is 14.3. The van der Waals surface area contributed by atoms with Crippen molar-refractivity contribution < 1.29 is 42.2 Å². The van der Waals surface area contributed by atoms with Gasteiger partial charge in [-0.25, -0.2) is 14.0 Å². The van der Waals surface area contributed by atoms with Gasteiger partial charge in [-0.1, -0.05) is 17.7 Å². The average molecular weight is 650 g/mol. The number of nitrogens with zero attached hydrogens (tertiary/aromatic N) is 3. The zero-order chi connectivity index (χ0) is 29.8. The number of hydrogen-bond donors (Lipinski definition) is 3. The second kappa shape index (κ2) is 11.3. The molecule has 3 atom stereocenters. The molecule has 3 aliphatic rings. The third kappa shape index (κ3) is 5.43. The molecule has 0 aliphatic carbocycles. The number of carbonyl (C=O) groups excluding carboxylic acids is 1. The molecule has 12 nitrogen and oxygen atoms in total. The fraction of sp³-hybridized carbons (Fsp3) is 0.308. The maximum absolute atomic E-state index is 13.0. The molecule has 1 fully saturated rings. The predicted molar refractivity (Wildman–Crippen MR) is 157 cm³/mol. The number of ether oxygens (including phenoxy) is 1. The Morgan fingerprint density at radius 1 is 1.19 bits per heavy atom. The highest BCUT2D eigenvalue weighted by Gasteiger charge is 2.55. The Morgan fingerprint density at radius 2 is 1.95 bits per heavy atom. The fourth-order valence-electron chi connectivity index (χ4n) is 4.57. The van der Waals surface area contributed by atoms with Crippen molar-refractivity contribution in [2.24, 2.45) is 4.99 Å². The molecule has 1 amide bonds. The number of aliphatic hydroxyl groups excluding tert-OH is 1. The number of rotatable bonds is 9. The fourth-order valence-corrected chi connectivity index (χ4v) is 9.09. The summed E-state index contributed by atoms with van der Waals surface area (Å²) in [5.74, 6) is -0.579. The number of fused-ring (bicyclic) bond motifs is 2. The van der Waals surface area contributed by atoms with Crippen LogP contribution in [0.5, 0.6) is 5.75 Å². The standard InChI is InChI=1S/C26H23N3O9S4/c1-12-2-5-15(6-3-12)42(35,36)38-20-23(30)29-19(26(33)34)13(10-40-24(20)29)9-37-14-4-7-16-18(8-14)41-22(27-16)21-28-17(11-39-21)25(31)32/h2-8,17,20,24,26,33-34H,9-11H2,1H3,(H,31,32). The monoisotopic (exact) mass is 649 g/mol. The van der Waals surface area contributed by atoms with Gasteiger partial charge in [-0.05, 0) is 37.3 Å². The van der Waals surface area contributed by atoms with E-state index in [0.717, 1.165) is 15.2 Å². The van der Waals surface area contributed by atoms with Crippen molar-refractivity contribution in [3.8, 4) is 5.75 Å². The summed E-state index contributed by atoms with van der Waals surface area (Å²) in [5.41, 5.74) is 1.97. The first-order valence-corrected chi connectivity index (χ1v) is 16.8. The van der Waals surface area contributed by atoms with Crippen LogP contribution in [0.1, 0.15) is 10.6 Å². The molecular formula is C26H23N3O9S4. The number of aliphatic hydroxyl groups is 2. The largest absolute Gasteiger partial charge is 0.489 e. The molecule has 0 spiro atoms. The molecule has 3 aromatic rings. The molecule has 6 rings (SSSR count). The molecule has 2 aromatic carbocycles. The first kappa shape index (κ1) is 29.1. The maximum atomic E-state index is 13.0. The van der Waals surface area contributed by atoms with Crippen LogP contribution in [0.4, 0.5) is 0 Å².